The van der Waals surface area contributed by atoms with Crippen LogP contribution >= 0.6 is 22.9 Å². The van der Waals surface area contributed by atoms with Crippen molar-refractivity contribution < 1.29 is 4.79 Å². The van der Waals surface area contributed by atoms with Crippen molar-refractivity contribution >= 4 is 39.7 Å². The van der Waals surface area contributed by atoms with Crippen molar-refractivity contribution in [2.45, 2.75) is 6.54 Å². The minimum absolute atomic E-state index is 0.103. The van der Waals surface area contributed by atoms with E-state index in [2.05, 4.69) is 15.5 Å². The summed E-state index contributed by atoms with van der Waals surface area (Å²) in [5.41, 5.74) is 3.18. The molecule has 0 spiro atoms. The molecule has 2 aromatic carbocycles. The minimum Gasteiger partial charge on any atom is -0.347 e. The Hall–Kier alpha value is -2.63. The van der Waals surface area contributed by atoms with Gasteiger partial charge in [-0.25, -0.2) is 0 Å². The van der Waals surface area contributed by atoms with Crippen molar-refractivity contribution in [3.63, 3.8) is 0 Å². The van der Waals surface area contributed by atoms with Gasteiger partial charge in [-0.3, -0.25) is 9.89 Å². The Balaban J connectivity index is 1.60. The molecule has 0 aliphatic heterocycles. The summed E-state index contributed by atoms with van der Waals surface area (Å²) < 4.78 is 0. The van der Waals surface area contributed by atoms with Crippen molar-refractivity contribution in [2.24, 2.45) is 0 Å². The third-order valence-corrected chi connectivity index (χ3v) is 5.04. The second-order valence-electron chi connectivity index (χ2n) is 5.60. The van der Waals surface area contributed by atoms with Crippen LogP contribution in [0.4, 0.5) is 0 Å². The van der Waals surface area contributed by atoms with Crippen LogP contribution in [-0.2, 0) is 6.54 Å². The molecular weight excluding hydrogens is 354 g/mol. The SMILES string of the molecule is O=C(NCc1cccs1)c1ccc2c(-c3cccc(Cl)c3)n[nH]c2c1. The number of aromatic amines is 1. The molecule has 0 saturated heterocycles. The van der Waals surface area contributed by atoms with Gasteiger partial charge in [0.1, 0.15) is 0 Å². The summed E-state index contributed by atoms with van der Waals surface area (Å²) in [6.07, 6.45) is 0. The highest BCUT2D eigenvalue weighted by Crippen LogP contribution is 2.28. The highest BCUT2D eigenvalue weighted by molar-refractivity contribution is 7.09. The van der Waals surface area contributed by atoms with Gasteiger partial charge in [-0.05, 0) is 41.8 Å². The van der Waals surface area contributed by atoms with E-state index in [0.29, 0.717) is 17.1 Å². The predicted molar refractivity (Wildman–Crippen MR) is 102 cm³/mol. The maximum atomic E-state index is 12.3. The zero-order chi connectivity index (χ0) is 17.2. The smallest absolute Gasteiger partial charge is 0.251 e. The van der Waals surface area contributed by atoms with Gasteiger partial charge in [-0.2, -0.15) is 5.10 Å². The molecule has 0 radical (unpaired) electrons. The summed E-state index contributed by atoms with van der Waals surface area (Å²) in [4.78, 5) is 13.5. The molecule has 4 nitrogen and oxygen atoms in total. The first-order valence-corrected chi connectivity index (χ1v) is 9.01. The molecule has 0 bridgehead atoms. The fourth-order valence-corrected chi connectivity index (χ4v) is 3.53. The van der Waals surface area contributed by atoms with E-state index in [-0.39, 0.29) is 5.91 Å². The standard InChI is InChI=1S/C19H14ClN3OS/c20-14-4-1-3-12(9-14)18-16-7-6-13(10-17(16)22-23-18)19(24)21-11-15-5-2-8-25-15/h1-10H,11H2,(H,21,24)(H,22,23). The molecule has 0 unspecified atom stereocenters. The van der Waals surface area contributed by atoms with E-state index in [1.165, 1.54) is 0 Å². The normalized spacial score (nSPS) is 10.9. The average Bonchev–Trinajstić information content (AvgIpc) is 3.28. The molecule has 0 atom stereocenters. The molecule has 124 valence electrons. The topological polar surface area (TPSA) is 57.8 Å². The minimum atomic E-state index is -0.103. The van der Waals surface area contributed by atoms with Crippen molar-refractivity contribution in [2.75, 3.05) is 0 Å². The second-order valence-corrected chi connectivity index (χ2v) is 7.07. The maximum Gasteiger partial charge on any atom is 0.251 e. The molecule has 2 heterocycles. The number of nitrogens with zero attached hydrogens (tertiary/aromatic N) is 1. The van der Waals surface area contributed by atoms with Crippen molar-refractivity contribution in [1.29, 1.82) is 0 Å². The number of amides is 1. The molecule has 25 heavy (non-hydrogen) atoms. The van der Waals surface area contributed by atoms with Crippen molar-refractivity contribution in [1.82, 2.24) is 15.5 Å². The van der Waals surface area contributed by atoms with E-state index in [4.69, 9.17) is 11.6 Å². The van der Waals surface area contributed by atoms with Crippen LogP contribution in [0.15, 0.2) is 60.0 Å². The van der Waals surface area contributed by atoms with Crippen LogP contribution in [0.2, 0.25) is 5.02 Å². The van der Waals surface area contributed by atoms with Gasteiger partial charge >= 0.3 is 0 Å². The van der Waals surface area contributed by atoms with Gasteiger partial charge in [0.2, 0.25) is 0 Å². The fraction of sp³-hybridized carbons (Fsp3) is 0.0526. The lowest BCUT2D eigenvalue weighted by molar-refractivity contribution is 0.0951. The average molecular weight is 368 g/mol. The molecule has 4 rings (SSSR count). The molecular formula is C19H14ClN3OS. The number of thiophene rings is 1. The Morgan fingerprint density at radius 3 is 2.88 bits per heavy atom. The van der Waals surface area contributed by atoms with Crippen LogP contribution < -0.4 is 5.32 Å². The van der Waals surface area contributed by atoms with Gasteiger partial charge in [-0.15, -0.1) is 11.3 Å². The third-order valence-electron chi connectivity index (χ3n) is 3.93. The Morgan fingerprint density at radius 2 is 2.08 bits per heavy atom. The second kappa shape index (κ2) is 6.70. The van der Waals surface area contributed by atoms with E-state index in [9.17, 15) is 4.79 Å². The predicted octanol–water partition coefficient (Wildman–Crippen LogP) is 4.87. The molecule has 0 saturated carbocycles. The number of carbonyl (C=O) groups excluding carboxylic acids is 1. The van der Waals surface area contributed by atoms with E-state index >= 15 is 0 Å². The summed E-state index contributed by atoms with van der Waals surface area (Å²) >= 11 is 7.69. The van der Waals surface area contributed by atoms with Gasteiger partial charge in [-0.1, -0.05) is 29.8 Å². The van der Waals surface area contributed by atoms with Crippen LogP contribution in [0, 0.1) is 0 Å². The molecule has 2 N–H and O–H groups in total. The summed E-state index contributed by atoms with van der Waals surface area (Å²) in [7, 11) is 0. The molecule has 2 aromatic heterocycles. The Labute approximate surface area is 153 Å². The van der Waals surface area contributed by atoms with Crippen LogP contribution in [0.1, 0.15) is 15.2 Å². The third kappa shape index (κ3) is 3.29. The monoisotopic (exact) mass is 367 g/mol. The fourth-order valence-electron chi connectivity index (χ4n) is 2.70. The number of aromatic nitrogens is 2. The van der Waals surface area contributed by atoms with Crippen LogP contribution in [-0.4, -0.2) is 16.1 Å². The van der Waals surface area contributed by atoms with Gasteiger partial charge < -0.3 is 5.32 Å². The molecule has 0 fully saturated rings. The number of benzene rings is 2. The van der Waals surface area contributed by atoms with Crippen molar-refractivity contribution in [3.8, 4) is 11.3 Å². The lowest BCUT2D eigenvalue weighted by atomic mass is 10.1. The summed E-state index contributed by atoms with van der Waals surface area (Å²) in [6, 6.07) is 17.1. The van der Waals surface area contributed by atoms with Gasteiger partial charge in [0, 0.05) is 26.4 Å². The Morgan fingerprint density at radius 1 is 1.16 bits per heavy atom. The maximum absolute atomic E-state index is 12.3. The summed E-state index contributed by atoms with van der Waals surface area (Å²) in [5, 5.41) is 13.9. The lowest BCUT2D eigenvalue weighted by Gasteiger charge is -2.04. The first-order valence-electron chi connectivity index (χ1n) is 7.75. The first-order chi connectivity index (χ1) is 12.2. The number of halogens is 1. The Bertz CT molecular complexity index is 1040. The molecule has 0 aliphatic carbocycles. The molecule has 1 amide bonds. The quantitative estimate of drug-likeness (QED) is 0.540. The lowest BCUT2D eigenvalue weighted by Crippen LogP contribution is -2.22. The molecule has 6 heteroatoms. The molecule has 4 aromatic rings. The molecule has 0 aliphatic rings. The number of hydrogen-bond acceptors (Lipinski definition) is 3. The number of rotatable bonds is 4. The number of carbonyl (C=O) groups is 1. The first kappa shape index (κ1) is 15.9. The van der Waals surface area contributed by atoms with Crippen LogP contribution in [0.25, 0.3) is 22.2 Å². The Kier molecular flexibility index (Phi) is 4.26. The van der Waals surface area contributed by atoms with E-state index in [0.717, 1.165) is 27.0 Å². The summed E-state index contributed by atoms with van der Waals surface area (Å²) in [5.74, 6) is -0.103. The number of nitrogens with one attached hydrogen (secondary N) is 2. The zero-order valence-corrected chi connectivity index (χ0v) is 14.7. The van der Waals surface area contributed by atoms with Gasteiger partial charge in [0.15, 0.2) is 0 Å². The number of H-pyrrole nitrogens is 1. The van der Waals surface area contributed by atoms with Crippen molar-refractivity contribution in [3.05, 3.63) is 75.4 Å². The van der Waals surface area contributed by atoms with Crippen LogP contribution in [0.3, 0.4) is 0 Å². The number of hydrogen-bond donors (Lipinski definition) is 2. The van der Waals surface area contributed by atoms with Gasteiger partial charge in [0.05, 0.1) is 17.8 Å². The van der Waals surface area contributed by atoms with E-state index < -0.39 is 0 Å². The largest absolute Gasteiger partial charge is 0.347 e. The highest BCUT2D eigenvalue weighted by Gasteiger charge is 2.12. The van der Waals surface area contributed by atoms with E-state index in [1.54, 1.807) is 11.3 Å². The summed E-state index contributed by atoms with van der Waals surface area (Å²) in [6.45, 7) is 0.533. The number of fused-ring (bicyclic) bond motifs is 1. The van der Waals surface area contributed by atoms with E-state index in [1.807, 2.05) is 60.0 Å². The van der Waals surface area contributed by atoms with Crippen LogP contribution in [0.5, 0.6) is 0 Å². The van der Waals surface area contributed by atoms with Gasteiger partial charge in [0.25, 0.3) is 5.91 Å². The zero-order valence-electron chi connectivity index (χ0n) is 13.1. The highest BCUT2D eigenvalue weighted by atomic mass is 35.5.